The number of amides is 1. The molecule has 4 nitrogen and oxygen atoms in total. The molecule has 0 aromatic rings. The Balaban J connectivity index is 1.88. The summed E-state index contributed by atoms with van der Waals surface area (Å²) in [6, 6.07) is 2.72. The van der Waals surface area contributed by atoms with Crippen molar-refractivity contribution < 1.29 is 4.79 Å². The standard InChI is InChI=1S/C12H19N3O/c1-2-15(10-5-6-10)12(16)9-14-7-3-4-11(14)8-13/h10-11H,2-7,9H2,1H3. The summed E-state index contributed by atoms with van der Waals surface area (Å²) in [5, 5.41) is 8.95. The second-order valence-electron chi connectivity index (χ2n) is 4.67. The summed E-state index contributed by atoms with van der Waals surface area (Å²) in [6.45, 7) is 4.16. The van der Waals surface area contributed by atoms with Crippen LogP contribution in [0.2, 0.25) is 0 Å². The Labute approximate surface area is 96.8 Å². The highest BCUT2D eigenvalue weighted by atomic mass is 16.2. The van der Waals surface area contributed by atoms with Gasteiger partial charge in [-0.2, -0.15) is 5.26 Å². The van der Waals surface area contributed by atoms with Crippen molar-refractivity contribution in [2.45, 2.75) is 44.7 Å². The molecule has 1 aliphatic heterocycles. The van der Waals surface area contributed by atoms with Gasteiger partial charge >= 0.3 is 0 Å². The first kappa shape index (κ1) is 11.4. The molecule has 0 radical (unpaired) electrons. The van der Waals surface area contributed by atoms with Gasteiger partial charge in [0.2, 0.25) is 5.91 Å². The lowest BCUT2D eigenvalue weighted by Crippen LogP contribution is -2.42. The van der Waals surface area contributed by atoms with E-state index in [1.165, 1.54) is 0 Å². The predicted octanol–water partition coefficient (Wildman–Crippen LogP) is 0.985. The first-order chi connectivity index (χ1) is 7.76. The maximum absolute atomic E-state index is 12.0. The highest BCUT2D eigenvalue weighted by Gasteiger charge is 2.33. The van der Waals surface area contributed by atoms with Gasteiger partial charge in [0.15, 0.2) is 0 Å². The zero-order valence-corrected chi connectivity index (χ0v) is 9.85. The predicted molar refractivity (Wildman–Crippen MR) is 60.6 cm³/mol. The molecule has 1 aliphatic carbocycles. The number of rotatable bonds is 4. The smallest absolute Gasteiger partial charge is 0.237 e. The van der Waals surface area contributed by atoms with Crippen LogP contribution in [0.25, 0.3) is 0 Å². The largest absolute Gasteiger partial charge is 0.339 e. The molecule has 1 saturated heterocycles. The summed E-state index contributed by atoms with van der Waals surface area (Å²) in [4.78, 5) is 16.0. The van der Waals surface area contributed by atoms with Crippen LogP contribution in [-0.2, 0) is 4.79 Å². The van der Waals surface area contributed by atoms with Crippen molar-refractivity contribution in [3.63, 3.8) is 0 Å². The maximum Gasteiger partial charge on any atom is 0.237 e. The molecule has 88 valence electrons. The number of hydrogen-bond donors (Lipinski definition) is 0. The van der Waals surface area contributed by atoms with Gasteiger partial charge in [-0.3, -0.25) is 9.69 Å². The van der Waals surface area contributed by atoms with E-state index >= 15 is 0 Å². The fraction of sp³-hybridized carbons (Fsp3) is 0.833. The Morgan fingerprint density at radius 2 is 2.25 bits per heavy atom. The van der Waals surface area contributed by atoms with Gasteiger partial charge in [-0.05, 0) is 32.6 Å². The minimum absolute atomic E-state index is 0.0399. The molecule has 4 heteroatoms. The van der Waals surface area contributed by atoms with E-state index in [1.807, 2.05) is 16.7 Å². The van der Waals surface area contributed by atoms with E-state index in [9.17, 15) is 4.79 Å². The summed E-state index contributed by atoms with van der Waals surface area (Å²) < 4.78 is 0. The Bertz CT molecular complexity index is 306. The number of nitriles is 1. The van der Waals surface area contributed by atoms with Gasteiger partial charge in [-0.25, -0.2) is 0 Å². The second-order valence-corrected chi connectivity index (χ2v) is 4.67. The number of likely N-dealkylation sites (N-methyl/N-ethyl adjacent to an activating group) is 1. The zero-order chi connectivity index (χ0) is 11.5. The van der Waals surface area contributed by atoms with Crippen LogP contribution >= 0.6 is 0 Å². The molecule has 0 aromatic heterocycles. The van der Waals surface area contributed by atoms with Crippen molar-refractivity contribution in [2.24, 2.45) is 0 Å². The second kappa shape index (κ2) is 4.84. The Hall–Kier alpha value is -1.08. The lowest BCUT2D eigenvalue weighted by Gasteiger charge is -2.25. The van der Waals surface area contributed by atoms with Gasteiger partial charge < -0.3 is 4.90 Å². The number of hydrogen-bond acceptors (Lipinski definition) is 3. The zero-order valence-electron chi connectivity index (χ0n) is 9.85. The first-order valence-corrected chi connectivity index (χ1v) is 6.19. The van der Waals surface area contributed by atoms with E-state index < -0.39 is 0 Å². The topological polar surface area (TPSA) is 47.3 Å². The minimum Gasteiger partial charge on any atom is -0.339 e. The monoisotopic (exact) mass is 221 g/mol. The van der Waals surface area contributed by atoms with Crippen LogP contribution in [0.5, 0.6) is 0 Å². The molecule has 1 atom stereocenters. The lowest BCUT2D eigenvalue weighted by molar-refractivity contribution is -0.132. The van der Waals surface area contributed by atoms with Crippen LogP contribution in [0.4, 0.5) is 0 Å². The van der Waals surface area contributed by atoms with Gasteiger partial charge in [0.05, 0.1) is 18.7 Å². The summed E-state index contributed by atoms with van der Waals surface area (Å²) in [7, 11) is 0. The summed E-state index contributed by atoms with van der Waals surface area (Å²) >= 11 is 0. The quantitative estimate of drug-likeness (QED) is 0.711. The average molecular weight is 221 g/mol. The highest BCUT2D eigenvalue weighted by Crippen LogP contribution is 2.27. The fourth-order valence-corrected chi connectivity index (χ4v) is 2.45. The van der Waals surface area contributed by atoms with E-state index in [-0.39, 0.29) is 11.9 Å². The number of likely N-dealkylation sites (tertiary alicyclic amines) is 1. The molecule has 2 rings (SSSR count). The van der Waals surface area contributed by atoms with Gasteiger partial charge in [0.1, 0.15) is 0 Å². The molecule has 0 N–H and O–H groups in total. The number of carbonyl (C=O) groups excluding carboxylic acids is 1. The van der Waals surface area contributed by atoms with E-state index in [2.05, 4.69) is 6.07 Å². The van der Waals surface area contributed by atoms with Gasteiger partial charge in [0, 0.05) is 19.1 Å². The van der Waals surface area contributed by atoms with Crippen molar-refractivity contribution >= 4 is 5.91 Å². The molecule has 16 heavy (non-hydrogen) atoms. The minimum atomic E-state index is -0.0399. The van der Waals surface area contributed by atoms with Crippen molar-refractivity contribution in [2.75, 3.05) is 19.6 Å². The van der Waals surface area contributed by atoms with Crippen molar-refractivity contribution in [1.29, 1.82) is 5.26 Å². The highest BCUT2D eigenvalue weighted by molar-refractivity contribution is 5.79. The molecule has 0 bridgehead atoms. The van der Waals surface area contributed by atoms with Crippen LogP contribution in [0.1, 0.15) is 32.6 Å². The van der Waals surface area contributed by atoms with Crippen molar-refractivity contribution in [3.8, 4) is 6.07 Å². The molecule has 1 unspecified atom stereocenters. The third kappa shape index (κ3) is 2.35. The van der Waals surface area contributed by atoms with Crippen LogP contribution in [0.15, 0.2) is 0 Å². The molecule has 1 saturated carbocycles. The summed E-state index contributed by atoms with van der Waals surface area (Å²) in [6.07, 6.45) is 4.27. The van der Waals surface area contributed by atoms with Gasteiger partial charge in [0.25, 0.3) is 0 Å². The average Bonchev–Trinajstić information content (AvgIpc) is 3.00. The third-order valence-electron chi connectivity index (χ3n) is 3.50. The third-order valence-corrected chi connectivity index (χ3v) is 3.50. The van der Waals surface area contributed by atoms with E-state index in [1.54, 1.807) is 0 Å². The van der Waals surface area contributed by atoms with Crippen molar-refractivity contribution in [1.82, 2.24) is 9.80 Å². The Morgan fingerprint density at radius 1 is 1.50 bits per heavy atom. The normalized spacial score (nSPS) is 25.4. The van der Waals surface area contributed by atoms with Crippen LogP contribution in [0.3, 0.4) is 0 Å². The van der Waals surface area contributed by atoms with Crippen LogP contribution in [-0.4, -0.2) is 47.4 Å². The van der Waals surface area contributed by atoms with E-state index in [0.29, 0.717) is 12.6 Å². The van der Waals surface area contributed by atoms with E-state index in [4.69, 9.17) is 5.26 Å². The SMILES string of the molecule is CCN(C(=O)CN1CCCC1C#N)C1CC1. The molecular formula is C12H19N3O. The van der Waals surface area contributed by atoms with Crippen LogP contribution < -0.4 is 0 Å². The molecule has 1 amide bonds. The molecule has 0 aromatic carbocycles. The lowest BCUT2D eigenvalue weighted by atomic mass is 10.2. The van der Waals surface area contributed by atoms with Crippen molar-refractivity contribution in [3.05, 3.63) is 0 Å². The Morgan fingerprint density at radius 3 is 2.81 bits per heavy atom. The number of carbonyl (C=O) groups is 1. The van der Waals surface area contributed by atoms with Gasteiger partial charge in [-0.15, -0.1) is 0 Å². The van der Waals surface area contributed by atoms with Crippen LogP contribution in [0, 0.1) is 11.3 Å². The fourth-order valence-electron chi connectivity index (χ4n) is 2.45. The molecular weight excluding hydrogens is 202 g/mol. The first-order valence-electron chi connectivity index (χ1n) is 6.19. The molecule has 2 aliphatic rings. The molecule has 0 spiro atoms. The Kier molecular flexibility index (Phi) is 3.45. The molecule has 1 heterocycles. The summed E-state index contributed by atoms with van der Waals surface area (Å²) in [5.74, 6) is 0.201. The van der Waals surface area contributed by atoms with E-state index in [0.717, 1.165) is 38.8 Å². The number of nitrogens with zero attached hydrogens (tertiary/aromatic N) is 3. The maximum atomic E-state index is 12.0. The molecule has 2 fully saturated rings. The summed E-state index contributed by atoms with van der Waals surface area (Å²) in [5.41, 5.74) is 0. The van der Waals surface area contributed by atoms with Gasteiger partial charge in [-0.1, -0.05) is 0 Å².